The SMILES string of the molecule is COCC(=O)Nc1ccc(N2C(=S)N[C@H](c3ccccn3)[C@@H]2c2cc(C)n(-c3ccc(C(=O)OC)cc3)c2C)cc1Cl. The van der Waals surface area contributed by atoms with Gasteiger partial charge in [0.15, 0.2) is 5.11 Å². The number of esters is 1. The van der Waals surface area contributed by atoms with Crippen LogP contribution in [-0.4, -0.2) is 47.4 Å². The molecule has 11 heteroatoms. The number of amides is 1. The van der Waals surface area contributed by atoms with Crippen LogP contribution in [0.15, 0.2) is 72.9 Å². The highest BCUT2D eigenvalue weighted by atomic mass is 35.5. The molecule has 0 unspecified atom stereocenters. The van der Waals surface area contributed by atoms with E-state index in [9.17, 15) is 9.59 Å². The summed E-state index contributed by atoms with van der Waals surface area (Å²) in [4.78, 5) is 30.7. The van der Waals surface area contributed by atoms with Crippen LogP contribution in [0.2, 0.25) is 5.02 Å². The molecule has 2 aromatic heterocycles. The van der Waals surface area contributed by atoms with Gasteiger partial charge in [-0.2, -0.15) is 0 Å². The summed E-state index contributed by atoms with van der Waals surface area (Å²) in [6.45, 7) is 4.03. The van der Waals surface area contributed by atoms with E-state index < -0.39 is 0 Å². The molecule has 216 valence electrons. The van der Waals surface area contributed by atoms with Crippen LogP contribution in [0.4, 0.5) is 11.4 Å². The van der Waals surface area contributed by atoms with Crippen LogP contribution >= 0.6 is 23.8 Å². The van der Waals surface area contributed by atoms with Crippen molar-refractivity contribution in [3.05, 3.63) is 106 Å². The number of carbonyl (C=O) groups is 2. The summed E-state index contributed by atoms with van der Waals surface area (Å²) in [5.74, 6) is -0.684. The molecule has 0 aliphatic carbocycles. The molecular formula is C31H30ClN5O4S. The summed E-state index contributed by atoms with van der Waals surface area (Å²) in [5.41, 5.74) is 6.54. The number of rotatable bonds is 8. The first-order valence-corrected chi connectivity index (χ1v) is 14.0. The van der Waals surface area contributed by atoms with Gasteiger partial charge >= 0.3 is 5.97 Å². The number of methoxy groups -OCH3 is 2. The fourth-order valence-electron chi connectivity index (χ4n) is 5.37. The lowest BCUT2D eigenvalue weighted by Crippen LogP contribution is -2.29. The first-order valence-electron chi connectivity index (χ1n) is 13.2. The Balaban J connectivity index is 1.58. The highest BCUT2D eigenvalue weighted by Gasteiger charge is 2.42. The summed E-state index contributed by atoms with van der Waals surface area (Å²) in [5, 5.41) is 7.14. The Morgan fingerprint density at radius 3 is 2.43 bits per heavy atom. The number of carbonyl (C=O) groups excluding carboxylic acids is 2. The number of ether oxygens (including phenoxy) is 2. The van der Waals surface area contributed by atoms with Crippen LogP contribution in [0.3, 0.4) is 0 Å². The Bertz CT molecular complexity index is 1640. The Kier molecular flexibility index (Phi) is 8.58. The number of pyridine rings is 1. The molecule has 42 heavy (non-hydrogen) atoms. The molecule has 2 N–H and O–H groups in total. The van der Waals surface area contributed by atoms with Crippen molar-refractivity contribution in [1.29, 1.82) is 0 Å². The zero-order valence-corrected chi connectivity index (χ0v) is 25.1. The molecule has 1 fully saturated rings. The van der Waals surface area contributed by atoms with Crippen LogP contribution < -0.4 is 15.5 Å². The van der Waals surface area contributed by atoms with Crippen LogP contribution in [0, 0.1) is 13.8 Å². The molecule has 5 rings (SSSR count). The molecule has 1 aliphatic rings. The third kappa shape index (κ3) is 5.61. The minimum atomic E-state index is -0.384. The second-order valence-electron chi connectivity index (χ2n) is 9.84. The number of halogens is 1. The smallest absolute Gasteiger partial charge is 0.337 e. The van der Waals surface area contributed by atoms with E-state index in [0.717, 1.165) is 34.0 Å². The minimum Gasteiger partial charge on any atom is -0.465 e. The number of anilines is 2. The monoisotopic (exact) mass is 603 g/mol. The summed E-state index contributed by atoms with van der Waals surface area (Å²) >= 11 is 12.5. The number of thiocarbonyl (C=S) groups is 1. The van der Waals surface area contributed by atoms with Crippen molar-refractivity contribution in [3.63, 3.8) is 0 Å². The number of aryl methyl sites for hydroxylation is 1. The maximum atomic E-state index is 12.1. The van der Waals surface area contributed by atoms with Crippen molar-refractivity contribution < 1.29 is 19.1 Å². The average molecular weight is 604 g/mol. The predicted octanol–water partition coefficient (Wildman–Crippen LogP) is 5.69. The van der Waals surface area contributed by atoms with Gasteiger partial charge in [0.2, 0.25) is 5.91 Å². The predicted molar refractivity (Wildman–Crippen MR) is 166 cm³/mol. The highest BCUT2D eigenvalue weighted by Crippen LogP contribution is 2.44. The Morgan fingerprint density at radius 1 is 1.05 bits per heavy atom. The van der Waals surface area contributed by atoms with E-state index in [-0.39, 0.29) is 30.6 Å². The molecule has 0 saturated carbocycles. The van der Waals surface area contributed by atoms with Crippen molar-refractivity contribution in [2.75, 3.05) is 31.0 Å². The van der Waals surface area contributed by atoms with Crippen LogP contribution in [0.1, 0.15) is 45.1 Å². The fraction of sp³-hybridized carbons (Fsp3) is 0.226. The van der Waals surface area contributed by atoms with Gasteiger partial charge in [-0.3, -0.25) is 9.78 Å². The average Bonchev–Trinajstić information content (AvgIpc) is 3.49. The molecule has 4 aromatic rings. The first-order chi connectivity index (χ1) is 20.2. The van der Waals surface area contributed by atoms with E-state index in [1.165, 1.54) is 14.2 Å². The van der Waals surface area contributed by atoms with Gasteiger partial charge in [0, 0.05) is 36.1 Å². The molecule has 3 heterocycles. The van der Waals surface area contributed by atoms with Crippen LogP contribution in [0.25, 0.3) is 5.69 Å². The van der Waals surface area contributed by atoms with Gasteiger partial charge in [-0.1, -0.05) is 17.7 Å². The van der Waals surface area contributed by atoms with Gasteiger partial charge in [-0.05, 0) is 92.3 Å². The van der Waals surface area contributed by atoms with Crippen LogP contribution in [-0.2, 0) is 14.3 Å². The van der Waals surface area contributed by atoms with Gasteiger partial charge in [0.05, 0.1) is 41.2 Å². The van der Waals surface area contributed by atoms with Crippen molar-refractivity contribution in [1.82, 2.24) is 14.9 Å². The quantitative estimate of drug-likeness (QED) is 0.196. The molecule has 2 aromatic carbocycles. The van der Waals surface area contributed by atoms with E-state index >= 15 is 0 Å². The van der Waals surface area contributed by atoms with Crippen molar-refractivity contribution >= 4 is 52.2 Å². The molecular weight excluding hydrogens is 574 g/mol. The molecule has 0 bridgehead atoms. The molecule has 1 saturated heterocycles. The standard InChI is InChI=1S/C31H30ClN5O4S/c1-18-15-23(19(2)36(18)21-10-8-20(9-11-21)30(39)41-4)29-28(26-7-5-6-14-33-26)35-31(42)37(29)22-12-13-25(24(32)16-22)34-27(38)17-40-3/h5-16,28-29H,17H2,1-4H3,(H,34,38)(H,35,42)/t28-,29+/m1/s1. The van der Waals surface area contributed by atoms with Crippen molar-refractivity contribution in [3.8, 4) is 5.69 Å². The number of hydrogen-bond acceptors (Lipinski definition) is 6. The Morgan fingerprint density at radius 2 is 1.79 bits per heavy atom. The van der Waals surface area contributed by atoms with Gasteiger partial charge in [-0.15, -0.1) is 0 Å². The molecule has 2 atom stereocenters. The maximum Gasteiger partial charge on any atom is 0.337 e. The number of nitrogens with zero attached hydrogens (tertiary/aromatic N) is 3. The third-order valence-corrected chi connectivity index (χ3v) is 7.84. The summed E-state index contributed by atoms with van der Waals surface area (Å²) in [6, 6.07) is 20.2. The summed E-state index contributed by atoms with van der Waals surface area (Å²) in [6.07, 6.45) is 1.76. The first kappa shape index (κ1) is 29.2. The van der Waals surface area contributed by atoms with E-state index in [0.29, 0.717) is 21.4 Å². The van der Waals surface area contributed by atoms with E-state index in [2.05, 4.69) is 33.2 Å². The molecule has 1 amide bonds. The second kappa shape index (κ2) is 12.3. The van der Waals surface area contributed by atoms with Gasteiger partial charge < -0.3 is 29.6 Å². The normalized spacial score (nSPS) is 16.3. The van der Waals surface area contributed by atoms with Crippen molar-refractivity contribution in [2.45, 2.75) is 25.9 Å². The lowest BCUT2D eigenvalue weighted by atomic mass is 9.96. The third-order valence-electron chi connectivity index (χ3n) is 7.21. The lowest BCUT2D eigenvalue weighted by Gasteiger charge is -2.28. The molecule has 9 nitrogen and oxygen atoms in total. The molecule has 0 spiro atoms. The maximum absolute atomic E-state index is 12.1. The van der Waals surface area contributed by atoms with E-state index in [1.54, 1.807) is 30.5 Å². The zero-order valence-electron chi connectivity index (χ0n) is 23.6. The number of aromatic nitrogens is 2. The topological polar surface area (TPSA) is 97.7 Å². The van der Waals surface area contributed by atoms with Crippen LogP contribution in [0.5, 0.6) is 0 Å². The lowest BCUT2D eigenvalue weighted by molar-refractivity contribution is -0.119. The van der Waals surface area contributed by atoms with E-state index in [1.807, 2.05) is 48.2 Å². The van der Waals surface area contributed by atoms with Gasteiger partial charge in [-0.25, -0.2) is 4.79 Å². The molecule has 1 aliphatic heterocycles. The highest BCUT2D eigenvalue weighted by molar-refractivity contribution is 7.80. The molecule has 0 radical (unpaired) electrons. The number of benzene rings is 2. The summed E-state index contributed by atoms with van der Waals surface area (Å²) in [7, 11) is 2.82. The number of hydrogen-bond donors (Lipinski definition) is 2. The van der Waals surface area contributed by atoms with Crippen molar-refractivity contribution in [2.24, 2.45) is 0 Å². The van der Waals surface area contributed by atoms with Gasteiger partial charge in [0.25, 0.3) is 0 Å². The zero-order chi connectivity index (χ0) is 30.0. The van der Waals surface area contributed by atoms with Gasteiger partial charge in [0.1, 0.15) is 6.61 Å². The summed E-state index contributed by atoms with van der Waals surface area (Å²) < 4.78 is 11.9. The Labute approximate surface area is 254 Å². The Hall–Kier alpha value is -4.25. The largest absolute Gasteiger partial charge is 0.465 e. The second-order valence-corrected chi connectivity index (χ2v) is 10.6. The number of nitrogens with one attached hydrogen (secondary N) is 2. The van der Waals surface area contributed by atoms with E-state index in [4.69, 9.17) is 33.3 Å². The minimum absolute atomic E-state index is 0.0763. The fourth-order valence-corrected chi connectivity index (χ4v) is 5.94.